The first-order valence-electron chi connectivity index (χ1n) is 5.68. The standard InChI is InChI=1S/C12H17N3/c1-15-7-4-12(5-8-15)9-14-11-10(12)3-2-6-13-11/h2-3,6H,4-5,7-9H2,1H3,(H,13,14). The lowest BCUT2D eigenvalue weighted by Crippen LogP contribution is -2.42. The van der Waals surface area contributed by atoms with Gasteiger partial charge in [-0.1, -0.05) is 6.07 Å². The molecule has 3 heteroatoms. The molecule has 1 N–H and O–H groups in total. The van der Waals surface area contributed by atoms with Crippen LogP contribution >= 0.6 is 0 Å². The van der Waals surface area contributed by atoms with Gasteiger partial charge < -0.3 is 10.2 Å². The predicted octanol–water partition coefficient (Wildman–Crippen LogP) is 1.47. The molecule has 3 heterocycles. The van der Waals surface area contributed by atoms with E-state index >= 15 is 0 Å². The molecule has 2 aliphatic heterocycles. The molecule has 15 heavy (non-hydrogen) atoms. The summed E-state index contributed by atoms with van der Waals surface area (Å²) in [5.74, 6) is 1.11. The lowest BCUT2D eigenvalue weighted by atomic mass is 9.75. The SMILES string of the molecule is CN1CCC2(CC1)CNc1ncccc12. The number of anilines is 1. The molecule has 2 aliphatic rings. The first kappa shape index (κ1) is 9.16. The van der Waals surface area contributed by atoms with Crippen molar-refractivity contribution < 1.29 is 0 Å². The van der Waals surface area contributed by atoms with Gasteiger partial charge in [0.1, 0.15) is 5.82 Å². The number of nitrogens with zero attached hydrogens (tertiary/aromatic N) is 2. The van der Waals surface area contributed by atoms with E-state index < -0.39 is 0 Å². The van der Waals surface area contributed by atoms with E-state index in [9.17, 15) is 0 Å². The molecule has 1 spiro atoms. The summed E-state index contributed by atoms with van der Waals surface area (Å²) in [5.41, 5.74) is 1.81. The molecule has 1 saturated heterocycles. The number of nitrogens with one attached hydrogen (secondary N) is 1. The Bertz CT molecular complexity index is 367. The van der Waals surface area contributed by atoms with Crippen LogP contribution < -0.4 is 5.32 Å². The Kier molecular flexibility index (Phi) is 1.96. The Hall–Kier alpha value is -1.09. The van der Waals surface area contributed by atoms with Crippen LogP contribution in [0.3, 0.4) is 0 Å². The van der Waals surface area contributed by atoms with Crippen LogP contribution in [0.15, 0.2) is 18.3 Å². The first-order valence-corrected chi connectivity index (χ1v) is 5.68. The first-order chi connectivity index (χ1) is 7.30. The van der Waals surface area contributed by atoms with Crippen molar-refractivity contribution in [3.63, 3.8) is 0 Å². The molecular weight excluding hydrogens is 186 g/mol. The fourth-order valence-corrected chi connectivity index (χ4v) is 2.81. The quantitative estimate of drug-likeness (QED) is 0.692. The fourth-order valence-electron chi connectivity index (χ4n) is 2.81. The summed E-state index contributed by atoms with van der Waals surface area (Å²) in [6, 6.07) is 4.31. The van der Waals surface area contributed by atoms with Crippen molar-refractivity contribution in [1.82, 2.24) is 9.88 Å². The Morgan fingerprint density at radius 2 is 2.20 bits per heavy atom. The van der Waals surface area contributed by atoms with E-state index in [2.05, 4.69) is 34.4 Å². The second-order valence-corrected chi connectivity index (χ2v) is 4.84. The van der Waals surface area contributed by atoms with Gasteiger partial charge in [0.25, 0.3) is 0 Å². The molecule has 3 nitrogen and oxygen atoms in total. The third-order valence-corrected chi connectivity index (χ3v) is 3.92. The highest BCUT2D eigenvalue weighted by molar-refractivity contribution is 5.55. The monoisotopic (exact) mass is 203 g/mol. The van der Waals surface area contributed by atoms with Gasteiger partial charge in [-0.25, -0.2) is 4.98 Å². The third-order valence-electron chi connectivity index (χ3n) is 3.92. The van der Waals surface area contributed by atoms with Gasteiger partial charge in [0.05, 0.1) is 0 Å². The minimum atomic E-state index is 0.371. The van der Waals surface area contributed by atoms with Gasteiger partial charge >= 0.3 is 0 Å². The highest BCUT2D eigenvalue weighted by atomic mass is 15.1. The molecule has 3 rings (SSSR count). The predicted molar refractivity (Wildman–Crippen MR) is 61.1 cm³/mol. The van der Waals surface area contributed by atoms with Crippen LogP contribution in [0.5, 0.6) is 0 Å². The molecule has 0 unspecified atom stereocenters. The van der Waals surface area contributed by atoms with E-state index in [1.54, 1.807) is 0 Å². The summed E-state index contributed by atoms with van der Waals surface area (Å²) >= 11 is 0. The van der Waals surface area contributed by atoms with E-state index in [0.717, 1.165) is 12.4 Å². The zero-order valence-corrected chi connectivity index (χ0v) is 9.16. The largest absolute Gasteiger partial charge is 0.369 e. The van der Waals surface area contributed by atoms with Crippen LogP contribution in [-0.2, 0) is 5.41 Å². The molecule has 1 aromatic rings. The topological polar surface area (TPSA) is 28.2 Å². The average molecular weight is 203 g/mol. The summed E-state index contributed by atoms with van der Waals surface area (Å²) < 4.78 is 0. The molecule has 0 amide bonds. The average Bonchev–Trinajstić information content (AvgIpc) is 2.63. The van der Waals surface area contributed by atoms with Gasteiger partial charge in [0, 0.05) is 23.7 Å². The van der Waals surface area contributed by atoms with Crippen molar-refractivity contribution in [2.75, 3.05) is 32.0 Å². The molecule has 0 bridgehead atoms. The highest BCUT2D eigenvalue weighted by Crippen LogP contribution is 2.42. The lowest BCUT2D eigenvalue weighted by Gasteiger charge is -2.37. The van der Waals surface area contributed by atoms with E-state index in [1.165, 1.54) is 31.5 Å². The van der Waals surface area contributed by atoms with Crippen LogP contribution in [0.4, 0.5) is 5.82 Å². The van der Waals surface area contributed by atoms with Crippen molar-refractivity contribution in [3.05, 3.63) is 23.9 Å². The van der Waals surface area contributed by atoms with Crippen molar-refractivity contribution in [2.45, 2.75) is 18.3 Å². The van der Waals surface area contributed by atoms with E-state index in [-0.39, 0.29) is 0 Å². The van der Waals surface area contributed by atoms with Gasteiger partial charge in [0.2, 0.25) is 0 Å². The zero-order valence-electron chi connectivity index (χ0n) is 9.16. The molecule has 1 fully saturated rings. The fraction of sp³-hybridized carbons (Fsp3) is 0.583. The molecule has 0 aromatic carbocycles. The molecule has 0 saturated carbocycles. The number of fused-ring (bicyclic) bond motifs is 2. The maximum Gasteiger partial charge on any atom is 0.129 e. The molecule has 0 atom stereocenters. The van der Waals surface area contributed by atoms with Crippen molar-refractivity contribution in [1.29, 1.82) is 0 Å². The Balaban J connectivity index is 1.95. The lowest BCUT2D eigenvalue weighted by molar-refractivity contribution is 0.200. The maximum atomic E-state index is 4.40. The van der Waals surface area contributed by atoms with E-state index in [1.807, 2.05) is 6.20 Å². The molecule has 1 aromatic heterocycles. The maximum absolute atomic E-state index is 4.40. The summed E-state index contributed by atoms with van der Waals surface area (Å²) in [5, 5.41) is 3.45. The number of aromatic nitrogens is 1. The second kappa shape index (κ2) is 3.20. The molecule has 0 radical (unpaired) electrons. The summed E-state index contributed by atoms with van der Waals surface area (Å²) in [4.78, 5) is 6.82. The van der Waals surface area contributed by atoms with Crippen LogP contribution in [0, 0.1) is 0 Å². The molecule has 0 aliphatic carbocycles. The van der Waals surface area contributed by atoms with Crippen LogP contribution in [0.25, 0.3) is 0 Å². The van der Waals surface area contributed by atoms with Crippen molar-refractivity contribution >= 4 is 5.82 Å². The zero-order chi connectivity index (χ0) is 10.3. The van der Waals surface area contributed by atoms with Crippen molar-refractivity contribution in [3.8, 4) is 0 Å². The minimum Gasteiger partial charge on any atom is -0.369 e. The van der Waals surface area contributed by atoms with E-state index in [0.29, 0.717) is 5.41 Å². The Morgan fingerprint density at radius 3 is 3.00 bits per heavy atom. The number of piperidine rings is 1. The van der Waals surface area contributed by atoms with Crippen LogP contribution in [0.1, 0.15) is 18.4 Å². The molecular formula is C12H17N3. The van der Waals surface area contributed by atoms with Gasteiger partial charge in [-0.3, -0.25) is 0 Å². The van der Waals surface area contributed by atoms with Gasteiger partial charge in [0.15, 0.2) is 0 Å². The minimum absolute atomic E-state index is 0.371. The van der Waals surface area contributed by atoms with Crippen LogP contribution in [0.2, 0.25) is 0 Å². The normalized spacial score (nSPS) is 23.8. The highest BCUT2D eigenvalue weighted by Gasteiger charge is 2.41. The summed E-state index contributed by atoms with van der Waals surface area (Å²) in [6.45, 7) is 3.49. The number of pyridine rings is 1. The second-order valence-electron chi connectivity index (χ2n) is 4.84. The number of hydrogen-bond donors (Lipinski definition) is 1. The summed E-state index contributed by atoms with van der Waals surface area (Å²) in [7, 11) is 2.21. The smallest absolute Gasteiger partial charge is 0.129 e. The summed E-state index contributed by atoms with van der Waals surface area (Å²) in [6.07, 6.45) is 4.39. The number of hydrogen-bond acceptors (Lipinski definition) is 3. The number of likely N-dealkylation sites (tertiary alicyclic amines) is 1. The van der Waals surface area contributed by atoms with E-state index in [4.69, 9.17) is 0 Å². The van der Waals surface area contributed by atoms with Gasteiger partial charge in [-0.15, -0.1) is 0 Å². The van der Waals surface area contributed by atoms with Gasteiger partial charge in [-0.2, -0.15) is 0 Å². The molecule has 80 valence electrons. The Labute approximate surface area is 90.5 Å². The number of rotatable bonds is 0. The van der Waals surface area contributed by atoms with Gasteiger partial charge in [-0.05, 0) is 39.0 Å². The van der Waals surface area contributed by atoms with Crippen LogP contribution in [-0.4, -0.2) is 36.6 Å². The Morgan fingerprint density at radius 1 is 1.40 bits per heavy atom. The van der Waals surface area contributed by atoms with Crippen molar-refractivity contribution in [2.24, 2.45) is 0 Å². The third kappa shape index (κ3) is 1.34.